The molecule has 0 fully saturated rings. The van der Waals surface area contributed by atoms with Crippen LogP contribution in [0, 0.1) is 0 Å². The summed E-state index contributed by atoms with van der Waals surface area (Å²) < 4.78 is 0. The molecule has 0 aliphatic rings. The first-order valence-electron chi connectivity index (χ1n) is 9.48. The van der Waals surface area contributed by atoms with Crippen molar-refractivity contribution in [3.05, 3.63) is 34.4 Å². The van der Waals surface area contributed by atoms with Crippen LogP contribution in [0.25, 0.3) is 22.8 Å². The molecule has 0 unspecified atom stereocenters. The lowest BCUT2D eigenvalue weighted by Gasteiger charge is -2.04. The van der Waals surface area contributed by atoms with Gasteiger partial charge < -0.3 is 9.97 Å². The van der Waals surface area contributed by atoms with E-state index in [2.05, 4.69) is 64.5 Å². The zero-order valence-electron chi connectivity index (χ0n) is 16.8. The van der Waals surface area contributed by atoms with Crippen molar-refractivity contribution in [2.24, 2.45) is 0 Å². The van der Waals surface area contributed by atoms with Gasteiger partial charge in [0, 0.05) is 11.4 Å². The average molecular weight is 357 g/mol. The molecule has 0 aromatic carbocycles. The molecule has 0 aliphatic heterocycles. The number of aryl methyl sites for hydroxylation is 2. The Morgan fingerprint density at radius 2 is 1.35 bits per heavy atom. The summed E-state index contributed by atoms with van der Waals surface area (Å²) in [6.45, 7) is 15.1. The van der Waals surface area contributed by atoms with Gasteiger partial charge >= 0.3 is 0 Å². The number of aromatic nitrogens is 4. The Balaban J connectivity index is 0.00000338. The number of hydrogen-bond donors (Lipinski definition) is 2. The third kappa shape index (κ3) is 4.35. The molecule has 0 aliphatic carbocycles. The van der Waals surface area contributed by atoms with Crippen LogP contribution in [0.2, 0.25) is 0 Å². The van der Waals surface area contributed by atoms with E-state index in [0.29, 0.717) is 0 Å². The zero-order valence-corrected chi connectivity index (χ0v) is 16.8. The Hall–Kier alpha value is -2.10. The third-order valence-corrected chi connectivity index (χ3v) is 4.90. The highest BCUT2D eigenvalue weighted by atomic mass is 15.0. The Kier molecular flexibility index (Phi) is 8.07. The van der Waals surface area contributed by atoms with E-state index < -0.39 is 0 Å². The first-order valence-corrected chi connectivity index (χ1v) is 9.48. The zero-order chi connectivity index (χ0) is 18.6. The number of nitrogens with zero attached hydrogens (tertiary/aromatic N) is 2. The smallest absolute Gasteiger partial charge is 0.174 e. The Morgan fingerprint density at radius 1 is 0.846 bits per heavy atom. The first kappa shape index (κ1) is 21.9. The van der Waals surface area contributed by atoms with Gasteiger partial charge in [0.2, 0.25) is 0 Å². The number of nitrogens with one attached hydrogen (secondary N) is 2. The summed E-state index contributed by atoms with van der Waals surface area (Å²) in [5, 5.41) is 0. The van der Waals surface area contributed by atoms with E-state index in [9.17, 15) is 0 Å². The molecular formula is C22H36N4. The van der Waals surface area contributed by atoms with E-state index in [4.69, 9.17) is 9.97 Å². The molecular weight excluding hydrogens is 320 g/mol. The predicted molar refractivity (Wildman–Crippen MR) is 114 cm³/mol. The summed E-state index contributed by atoms with van der Waals surface area (Å²) >= 11 is 0. The second-order valence-electron chi connectivity index (χ2n) is 6.59. The van der Waals surface area contributed by atoms with Crippen molar-refractivity contribution >= 4 is 11.1 Å². The Labute approximate surface area is 159 Å². The minimum Gasteiger partial charge on any atom is -0.339 e. The molecule has 0 amide bonds. The quantitative estimate of drug-likeness (QED) is 0.589. The molecule has 0 spiro atoms. The molecule has 0 radical (unpaired) electrons. The SMILES string of the molecule is C.CC/C=C(/C)c1nc(-c2nc(/C(C)=C(/C)CC)c(CC)[nH]2)[nH]c1CC. The van der Waals surface area contributed by atoms with Crippen molar-refractivity contribution in [3.8, 4) is 11.6 Å². The summed E-state index contributed by atoms with van der Waals surface area (Å²) in [6, 6.07) is 0. The molecule has 2 rings (SSSR count). The summed E-state index contributed by atoms with van der Waals surface area (Å²) in [4.78, 5) is 16.7. The summed E-state index contributed by atoms with van der Waals surface area (Å²) in [5.74, 6) is 1.67. The van der Waals surface area contributed by atoms with Crippen molar-refractivity contribution in [1.82, 2.24) is 19.9 Å². The second-order valence-corrected chi connectivity index (χ2v) is 6.59. The topological polar surface area (TPSA) is 57.4 Å². The monoisotopic (exact) mass is 356 g/mol. The average Bonchev–Trinajstić information content (AvgIpc) is 3.24. The van der Waals surface area contributed by atoms with Gasteiger partial charge in [-0.2, -0.15) is 0 Å². The van der Waals surface area contributed by atoms with Gasteiger partial charge in [0.05, 0.1) is 11.4 Å². The van der Waals surface area contributed by atoms with Crippen molar-refractivity contribution in [3.63, 3.8) is 0 Å². The van der Waals surface area contributed by atoms with Crippen molar-refractivity contribution in [1.29, 1.82) is 0 Å². The maximum absolute atomic E-state index is 4.89. The van der Waals surface area contributed by atoms with E-state index in [1.807, 2.05) is 0 Å². The molecule has 4 heteroatoms. The number of allylic oxidation sites excluding steroid dienone is 4. The second kappa shape index (κ2) is 9.56. The van der Waals surface area contributed by atoms with Gasteiger partial charge in [0.1, 0.15) is 0 Å². The summed E-state index contributed by atoms with van der Waals surface area (Å²) in [6.07, 6.45) is 6.14. The molecule has 2 aromatic rings. The molecule has 26 heavy (non-hydrogen) atoms. The molecule has 0 saturated heterocycles. The van der Waals surface area contributed by atoms with Crippen molar-refractivity contribution in [2.75, 3.05) is 0 Å². The predicted octanol–water partition coefficient (Wildman–Crippen LogP) is 6.58. The Bertz CT molecular complexity index is 787. The number of imidazole rings is 2. The van der Waals surface area contributed by atoms with Gasteiger partial charge in [-0.15, -0.1) is 0 Å². The van der Waals surface area contributed by atoms with E-state index in [1.54, 1.807) is 0 Å². The Morgan fingerprint density at radius 3 is 1.81 bits per heavy atom. The lowest BCUT2D eigenvalue weighted by atomic mass is 10.0. The fourth-order valence-corrected chi connectivity index (χ4v) is 3.06. The van der Waals surface area contributed by atoms with E-state index in [1.165, 1.54) is 28.1 Å². The molecule has 2 aromatic heterocycles. The summed E-state index contributed by atoms with van der Waals surface area (Å²) in [5.41, 5.74) is 8.36. The fourth-order valence-electron chi connectivity index (χ4n) is 3.06. The van der Waals surface area contributed by atoms with Gasteiger partial charge in [-0.1, -0.05) is 46.8 Å². The molecule has 2 heterocycles. The molecule has 4 nitrogen and oxygen atoms in total. The fraction of sp³-hybridized carbons (Fsp3) is 0.545. The molecule has 144 valence electrons. The first-order chi connectivity index (χ1) is 12.0. The highest BCUT2D eigenvalue weighted by Crippen LogP contribution is 2.27. The lowest BCUT2D eigenvalue weighted by molar-refractivity contribution is 1.04. The van der Waals surface area contributed by atoms with Gasteiger partial charge in [0.25, 0.3) is 0 Å². The molecule has 0 atom stereocenters. The maximum Gasteiger partial charge on any atom is 0.174 e. The van der Waals surface area contributed by atoms with E-state index >= 15 is 0 Å². The number of H-pyrrole nitrogens is 2. The van der Waals surface area contributed by atoms with Crippen LogP contribution >= 0.6 is 0 Å². The van der Waals surface area contributed by atoms with Crippen LogP contribution in [0.15, 0.2) is 11.6 Å². The van der Waals surface area contributed by atoms with Gasteiger partial charge in [-0.3, -0.25) is 0 Å². The highest BCUT2D eigenvalue weighted by molar-refractivity contribution is 5.69. The summed E-state index contributed by atoms with van der Waals surface area (Å²) in [7, 11) is 0. The standard InChI is InChI=1S/C21H32N4.CH4/c1-8-12-14(6)18-16(10-3)22-20(24-18)21-23-17(11-4)19(25-21)15(7)13(5)9-2;/h12H,8-11H2,1-7H3,(H,22,24)(H,23,25);1H4/b14-12-,15-13-;. The maximum atomic E-state index is 4.89. The molecule has 2 N–H and O–H groups in total. The van der Waals surface area contributed by atoms with Crippen LogP contribution in [-0.2, 0) is 12.8 Å². The van der Waals surface area contributed by atoms with Crippen LogP contribution in [-0.4, -0.2) is 19.9 Å². The van der Waals surface area contributed by atoms with Crippen LogP contribution in [0.3, 0.4) is 0 Å². The minimum atomic E-state index is 0. The van der Waals surface area contributed by atoms with Gasteiger partial charge in [0.15, 0.2) is 11.6 Å². The lowest BCUT2D eigenvalue weighted by Crippen LogP contribution is -1.91. The number of hydrogen-bond acceptors (Lipinski definition) is 2. The molecule has 0 bridgehead atoms. The number of rotatable bonds is 7. The highest BCUT2D eigenvalue weighted by Gasteiger charge is 2.17. The van der Waals surface area contributed by atoms with Crippen molar-refractivity contribution < 1.29 is 0 Å². The van der Waals surface area contributed by atoms with Crippen LogP contribution in [0.1, 0.15) is 91.5 Å². The van der Waals surface area contributed by atoms with E-state index in [0.717, 1.165) is 48.7 Å². The largest absolute Gasteiger partial charge is 0.339 e. The normalized spacial score (nSPS) is 12.8. The third-order valence-electron chi connectivity index (χ3n) is 4.90. The molecule has 0 saturated carbocycles. The van der Waals surface area contributed by atoms with Crippen LogP contribution in [0.5, 0.6) is 0 Å². The minimum absolute atomic E-state index is 0. The van der Waals surface area contributed by atoms with E-state index in [-0.39, 0.29) is 7.43 Å². The van der Waals surface area contributed by atoms with Crippen LogP contribution in [0.4, 0.5) is 0 Å². The number of aromatic amines is 2. The van der Waals surface area contributed by atoms with Gasteiger partial charge in [-0.25, -0.2) is 9.97 Å². The van der Waals surface area contributed by atoms with Crippen molar-refractivity contribution in [2.45, 2.75) is 81.6 Å². The van der Waals surface area contributed by atoms with Gasteiger partial charge in [-0.05, 0) is 57.6 Å². The van der Waals surface area contributed by atoms with Crippen LogP contribution < -0.4 is 0 Å².